The molecule has 0 saturated carbocycles. The summed E-state index contributed by atoms with van der Waals surface area (Å²) in [5.41, 5.74) is 4.34. The summed E-state index contributed by atoms with van der Waals surface area (Å²) in [7, 11) is 2.14. The third kappa shape index (κ3) is 5.74. The van der Waals surface area contributed by atoms with E-state index in [0.29, 0.717) is 17.3 Å². The Morgan fingerprint density at radius 1 is 1.05 bits per heavy atom. The molecule has 0 spiro atoms. The molecule has 2 atom stereocenters. The van der Waals surface area contributed by atoms with Crippen molar-refractivity contribution in [3.63, 3.8) is 0 Å². The number of aromatic nitrogens is 1. The largest absolute Gasteiger partial charge is 0.352 e. The molecular formula is C29H34ClN5O2. The number of rotatable bonds is 7. The number of amides is 2. The summed E-state index contributed by atoms with van der Waals surface area (Å²) in [6.07, 6.45) is 0.282. The highest BCUT2D eigenvalue weighted by Gasteiger charge is 2.32. The first-order valence-corrected chi connectivity index (χ1v) is 13.3. The molecule has 1 fully saturated rings. The standard InChI is InChI=1S/C29H34ClN5O2/c1-20(19-34-13-11-33(2)12-14-34)32-27(36)16-24-18-31-29(37)26-17-25(22-9-6-10-23(30)15-22)28(35(24)26)21-7-4-3-5-8-21/h3-10,15,17,20,24H,11-14,16,18-19H2,1-2H3,(H,31,37)(H,32,36)/t20-,24+/m0/s1. The predicted molar refractivity (Wildman–Crippen MR) is 148 cm³/mol. The Hall–Kier alpha value is -3.13. The lowest BCUT2D eigenvalue weighted by atomic mass is 10.0. The van der Waals surface area contributed by atoms with Crippen molar-refractivity contribution in [1.82, 2.24) is 25.0 Å². The lowest BCUT2D eigenvalue weighted by molar-refractivity contribution is -0.122. The number of hydrogen-bond donors (Lipinski definition) is 2. The third-order valence-corrected chi connectivity index (χ3v) is 7.51. The second kappa shape index (κ2) is 11.1. The molecule has 2 aromatic carbocycles. The molecule has 0 bridgehead atoms. The fraction of sp³-hybridized carbons (Fsp3) is 0.379. The van der Waals surface area contributed by atoms with Gasteiger partial charge in [0.15, 0.2) is 0 Å². The second-order valence-electron chi connectivity index (χ2n) is 10.2. The van der Waals surface area contributed by atoms with Crippen LogP contribution in [-0.2, 0) is 4.79 Å². The molecule has 8 heteroatoms. The number of halogens is 1. The van der Waals surface area contributed by atoms with E-state index in [1.54, 1.807) is 0 Å². The Morgan fingerprint density at radius 2 is 1.78 bits per heavy atom. The summed E-state index contributed by atoms with van der Waals surface area (Å²) in [6, 6.07) is 19.5. The van der Waals surface area contributed by atoms with Gasteiger partial charge in [0.05, 0.1) is 11.7 Å². The monoisotopic (exact) mass is 519 g/mol. The average Bonchev–Trinajstić information content (AvgIpc) is 3.29. The van der Waals surface area contributed by atoms with Crippen LogP contribution in [0, 0.1) is 0 Å². The van der Waals surface area contributed by atoms with E-state index in [9.17, 15) is 9.59 Å². The van der Waals surface area contributed by atoms with Crippen molar-refractivity contribution in [3.05, 3.63) is 71.4 Å². The van der Waals surface area contributed by atoms with Crippen LogP contribution in [0.5, 0.6) is 0 Å². The molecule has 1 aromatic heterocycles. The maximum atomic E-state index is 13.2. The first kappa shape index (κ1) is 25.5. The van der Waals surface area contributed by atoms with E-state index in [2.05, 4.69) is 39.0 Å². The minimum Gasteiger partial charge on any atom is -0.352 e. The van der Waals surface area contributed by atoms with Gasteiger partial charge in [0.2, 0.25) is 5.91 Å². The van der Waals surface area contributed by atoms with Gasteiger partial charge in [-0.3, -0.25) is 14.5 Å². The summed E-state index contributed by atoms with van der Waals surface area (Å²) >= 11 is 6.33. The molecule has 2 aliphatic rings. The van der Waals surface area contributed by atoms with Gasteiger partial charge in [-0.1, -0.05) is 54.1 Å². The SMILES string of the molecule is C[C@@H](CN1CCN(C)CC1)NC(=O)C[C@@H]1CNC(=O)c2cc(-c3cccc(Cl)c3)c(-c3ccccc3)n21. The van der Waals surface area contributed by atoms with Gasteiger partial charge in [-0.05, 0) is 43.3 Å². The molecule has 3 heterocycles. The first-order chi connectivity index (χ1) is 17.9. The van der Waals surface area contributed by atoms with Gasteiger partial charge in [-0.2, -0.15) is 0 Å². The molecule has 5 rings (SSSR count). The number of piperazine rings is 1. The number of nitrogens with one attached hydrogen (secondary N) is 2. The Kier molecular flexibility index (Phi) is 7.65. The van der Waals surface area contributed by atoms with Crippen LogP contribution in [0.2, 0.25) is 5.02 Å². The summed E-state index contributed by atoms with van der Waals surface area (Å²) in [5, 5.41) is 6.82. The molecule has 37 heavy (non-hydrogen) atoms. The lowest BCUT2D eigenvalue weighted by Gasteiger charge is -2.34. The summed E-state index contributed by atoms with van der Waals surface area (Å²) in [5.74, 6) is -0.142. The quantitative estimate of drug-likeness (QED) is 0.497. The first-order valence-electron chi connectivity index (χ1n) is 12.9. The van der Waals surface area contributed by atoms with E-state index in [1.165, 1.54) is 0 Å². The molecule has 0 aliphatic carbocycles. The molecule has 194 valence electrons. The summed E-state index contributed by atoms with van der Waals surface area (Å²) in [6.45, 7) is 7.44. The molecule has 0 radical (unpaired) electrons. The van der Waals surface area contributed by atoms with Gasteiger partial charge >= 0.3 is 0 Å². The Morgan fingerprint density at radius 3 is 2.51 bits per heavy atom. The minimum atomic E-state index is -0.202. The van der Waals surface area contributed by atoms with Crippen molar-refractivity contribution in [2.24, 2.45) is 0 Å². The average molecular weight is 520 g/mol. The molecular weight excluding hydrogens is 486 g/mol. The van der Waals surface area contributed by atoms with Gasteiger partial charge in [0, 0.05) is 62.3 Å². The Labute approximate surface area is 223 Å². The zero-order valence-electron chi connectivity index (χ0n) is 21.4. The second-order valence-corrected chi connectivity index (χ2v) is 10.6. The zero-order valence-corrected chi connectivity index (χ0v) is 22.2. The van der Waals surface area contributed by atoms with Crippen molar-refractivity contribution in [2.75, 3.05) is 46.3 Å². The van der Waals surface area contributed by atoms with Crippen molar-refractivity contribution in [1.29, 1.82) is 0 Å². The number of carbonyl (C=O) groups is 2. The maximum Gasteiger partial charge on any atom is 0.268 e. The van der Waals surface area contributed by atoms with Crippen LogP contribution >= 0.6 is 11.6 Å². The number of fused-ring (bicyclic) bond motifs is 1. The van der Waals surface area contributed by atoms with Crippen LogP contribution in [0.15, 0.2) is 60.7 Å². The molecule has 1 saturated heterocycles. The Bertz CT molecular complexity index is 1270. The number of carbonyl (C=O) groups excluding carboxylic acids is 2. The molecule has 7 nitrogen and oxygen atoms in total. The van der Waals surface area contributed by atoms with Gasteiger partial charge < -0.3 is 20.1 Å². The van der Waals surface area contributed by atoms with Crippen LogP contribution in [0.3, 0.4) is 0 Å². The van der Waals surface area contributed by atoms with E-state index < -0.39 is 0 Å². The molecule has 0 unspecified atom stereocenters. The highest BCUT2D eigenvalue weighted by molar-refractivity contribution is 6.30. The highest BCUT2D eigenvalue weighted by atomic mass is 35.5. The van der Waals surface area contributed by atoms with Crippen LogP contribution < -0.4 is 10.6 Å². The van der Waals surface area contributed by atoms with Gasteiger partial charge in [-0.15, -0.1) is 0 Å². The smallest absolute Gasteiger partial charge is 0.268 e. The van der Waals surface area contributed by atoms with Crippen molar-refractivity contribution >= 4 is 23.4 Å². The van der Waals surface area contributed by atoms with Gasteiger partial charge in [0.25, 0.3) is 5.91 Å². The zero-order chi connectivity index (χ0) is 25.9. The van der Waals surface area contributed by atoms with E-state index >= 15 is 0 Å². The fourth-order valence-corrected chi connectivity index (χ4v) is 5.60. The number of benzene rings is 2. The normalized spacial score (nSPS) is 19.2. The fourth-order valence-electron chi connectivity index (χ4n) is 5.41. The van der Waals surface area contributed by atoms with E-state index in [0.717, 1.165) is 55.1 Å². The van der Waals surface area contributed by atoms with E-state index in [1.807, 2.05) is 60.7 Å². The highest BCUT2D eigenvalue weighted by Crippen LogP contribution is 2.39. The van der Waals surface area contributed by atoms with Crippen LogP contribution in [-0.4, -0.2) is 78.5 Å². The summed E-state index contributed by atoms with van der Waals surface area (Å²) in [4.78, 5) is 30.9. The van der Waals surface area contributed by atoms with Crippen molar-refractivity contribution < 1.29 is 9.59 Å². The number of hydrogen-bond acceptors (Lipinski definition) is 4. The molecule has 2 aliphatic heterocycles. The van der Waals surface area contributed by atoms with Crippen molar-refractivity contribution in [3.8, 4) is 22.4 Å². The minimum absolute atomic E-state index is 0.00857. The third-order valence-electron chi connectivity index (χ3n) is 7.27. The van der Waals surface area contributed by atoms with Gasteiger partial charge in [0.1, 0.15) is 5.69 Å². The van der Waals surface area contributed by atoms with Crippen LogP contribution in [0.1, 0.15) is 29.9 Å². The number of likely N-dealkylation sites (N-methyl/N-ethyl adjacent to an activating group) is 1. The van der Waals surface area contributed by atoms with Crippen LogP contribution in [0.4, 0.5) is 0 Å². The Balaban J connectivity index is 1.42. The van der Waals surface area contributed by atoms with Crippen molar-refractivity contribution in [2.45, 2.75) is 25.4 Å². The molecule has 2 amide bonds. The topological polar surface area (TPSA) is 69.6 Å². The maximum absolute atomic E-state index is 13.2. The molecule has 3 aromatic rings. The number of nitrogens with zero attached hydrogens (tertiary/aromatic N) is 3. The van der Waals surface area contributed by atoms with Gasteiger partial charge in [-0.25, -0.2) is 0 Å². The predicted octanol–water partition coefficient (Wildman–Crippen LogP) is 3.90. The van der Waals surface area contributed by atoms with E-state index in [4.69, 9.17) is 11.6 Å². The molecule has 2 N–H and O–H groups in total. The summed E-state index contributed by atoms with van der Waals surface area (Å²) < 4.78 is 2.05. The lowest BCUT2D eigenvalue weighted by Crippen LogP contribution is -2.50. The van der Waals surface area contributed by atoms with Crippen LogP contribution in [0.25, 0.3) is 22.4 Å². The van der Waals surface area contributed by atoms with E-state index in [-0.39, 0.29) is 30.3 Å².